The zero-order chi connectivity index (χ0) is 54.3. The summed E-state index contributed by atoms with van der Waals surface area (Å²) in [5.74, 6) is -0.938. The van der Waals surface area contributed by atoms with E-state index in [4.69, 9.17) is 14.2 Å². The highest BCUT2D eigenvalue weighted by Crippen LogP contribution is 2.14. The summed E-state index contributed by atoms with van der Waals surface area (Å²) in [4.78, 5) is 38.0. The first kappa shape index (κ1) is 70.3. The van der Waals surface area contributed by atoms with E-state index in [2.05, 4.69) is 167 Å². The van der Waals surface area contributed by atoms with Crippen LogP contribution in [0.15, 0.2) is 146 Å². The Morgan fingerprint density at radius 2 is 0.520 bits per heavy atom. The molecular formula is C69H110O6. The lowest BCUT2D eigenvalue weighted by atomic mass is 10.1. The fraction of sp³-hybridized carbons (Fsp3) is 0.609. The van der Waals surface area contributed by atoms with Gasteiger partial charge in [0.25, 0.3) is 0 Å². The molecule has 0 fully saturated rings. The zero-order valence-corrected chi connectivity index (χ0v) is 48.3. The quantitative estimate of drug-likeness (QED) is 0.0261. The van der Waals surface area contributed by atoms with E-state index >= 15 is 0 Å². The van der Waals surface area contributed by atoms with Gasteiger partial charge in [0.2, 0.25) is 0 Å². The molecular weight excluding hydrogens is 925 g/mol. The molecule has 0 rings (SSSR count). The van der Waals surface area contributed by atoms with Crippen molar-refractivity contribution in [2.45, 2.75) is 258 Å². The molecule has 75 heavy (non-hydrogen) atoms. The van der Waals surface area contributed by atoms with Crippen molar-refractivity contribution in [2.75, 3.05) is 13.2 Å². The second-order valence-corrected chi connectivity index (χ2v) is 19.5. The Kier molecular flexibility index (Phi) is 58.0. The van der Waals surface area contributed by atoms with E-state index in [1.54, 1.807) is 0 Å². The van der Waals surface area contributed by atoms with E-state index in [0.717, 1.165) is 154 Å². The maximum atomic E-state index is 12.8. The lowest BCUT2D eigenvalue weighted by Gasteiger charge is -2.18. The lowest BCUT2D eigenvalue weighted by molar-refractivity contribution is -0.167. The highest BCUT2D eigenvalue weighted by molar-refractivity contribution is 5.71. The van der Waals surface area contributed by atoms with Crippen LogP contribution in [0.25, 0.3) is 0 Å². The molecule has 0 N–H and O–H groups in total. The normalized spacial score (nSPS) is 13.2. The summed E-state index contributed by atoms with van der Waals surface area (Å²) in [6.45, 7) is 6.33. The number of allylic oxidation sites excluding steroid dienone is 24. The average Bonchev–Trinajstić information content (AvgIpc) is 3.41. The Bertz CT molecular complexity index is 1660. The van der Waals surface area contributed by atoms with Crippen LogP contribution in [0.2, 0.25) is 0 Å². The van der Waals surface area contributed by atoms with Gasteiger partial charge in [0, 0.05) is 19.3 Å². The number of carbonyl (C=O) groups is 3. The molecule has 0 aromatic carbocycles. The molecule has 0 saturated carbocycles. The molecule has 6 heteroatoms. The summed E-state index contributed by atoms with van der Waals surface area (Å²) in [6.07, 6.45) is 88.7. The highest BCUT2D eigenvalue weighted by Gasteiger charge is 2.19. The third-order valence-corrected chi connectivity index (χ3v) is 12.3. The Balaban J connectivity index is 4.19. The molecule has 1 unspecified atom stereocenters. The molecule has 0 bridgehead atoms. The van der Waals surface area contributed by atoms with Gasteiger partial charge in [-0.25, -0.2) is 0 Å². The van der Waals surface area contributed by atoms with Crippen LogP contribution in [0, 0.1) is 0 Å². The fourth-order valence-corrected chi connectivity index (χ4v) is 7.86. The molecule has 6 nitrogen and oxygen atoms in total. The van der Waals surface area contributed by atoms with Crippen LogP contribution in [-0.4, -0.2) is 37.2 Å². The Labute approximate surface area is 461 Å². The number of carbonyl (C=O) groups excluding carboxylic acids is 3. The number of ether oxygens (including phenoxy) is 3. The second-order valence-electron chi connectivity index (χ2n) is 19.5. The zero-order valence-electron chi connectivity index (χ0n) is 48.3. The number of esters is 3. The summed E-state index contributed by atoms with van der Waals surface area (Å²) < 4.78 is 16.8. The molecule has 0 heterocycles. The third-order valence-electron chi connectivity index (χ3n) is 12.3. The van der Waals surface area contributed by atoms with Gasteiger partial charge in [-0.05, 0) is 122 Å². The van der Waals surface area contributed by atoms with Crippen molar-refractivity contribution >= 4 is 17.9 Å². The third kappa shape index (κ3) is 60.0. The van der Waals surface area contributed by atoms with Gasteiger partial charge in [-0.2, -0.15) is 0 Å². The molecule has 0 spiro atoms. The second kappa shape index (κ2) is 61.8. The van der Waals surface area contributed by atoms with Crippen LogP contribution >= 0.6 is 0 Å². The predicted molar refractivity (Wildman–Crippen MR) is 325 cm³/mol. The van der Waals surface area contributed by atoms with Gasteiger partial charge >= 0.3 is 17.9 Å². The smallest absolute Gasteiger partial charge is 0.306 e. The Morgan fingerprint density at radius 1 is 0.280 bits per heavy atom. The summed E-state index contributed by atoms with van der Waals surface area (Å²) in [7, 11) is 0. The van der Waals surface area contributed by atoms with E-state index in [9.17, 15) is 14.4 Å². The van der Waals surface area contributed by atoms with E-state index in [1.807, 2.05) is 0 Å². The van der Waals surface area contributed by atoms with Crippen molar-refractivity contribution in [3.8, 4) is 0 Å². The monoisotopic (exact) mass is 1030 g/mol. The van der Waals surface area contributed by atoms with Crippen LogP contribution in [0.3, 0.4) is 0 Å². The molecule has 0 saturated heterocycles. The molecule has 0 aliphatic rings. The first-order valence-corrected chi connectivity index (χ1v) is 30.3. The summed E-state index contributed by atoms with van der Waals surface area (Å²) in [5, 5.41) is 0. The largest absolute Gasteiger partial charge is 0.462 e. The van der Waals surface area contributed by atoms with Crippen molar-refractivity contribution in [2.24, 2.45) is 0 Å². The van der Waals surface area contributed by atoms with Crippen molar-refractivity contribution in [3.05, 3.63) is 146 Å². The Morgan fingerprint density at radius 3 is 0.813 bits per heavy atom. The lowest BCUT2D eigenvalue weighted by Crippen LogP contribution is -2.30. The maximum Gasteiger partial charge on any atom is 0.306 e. The van der Waals surface area contributed by atoms with Gasteiger partial charge in [0.1, 0.15) is 13.2 Å². The van der Waals surface area contributed by atoms with Gasteiger partial charge in [-0.3, -0.25) is 14.4 Å². The molecule has 0 amide bonds. The fourth-order valence-electron chi connectivity index (χ4n) is 7.86. The maximum absolute atomic E-state index is 12.8. The number of hydrogen-bond acceptors (Lipinski definition) is 6. The van der Waals surface area contributed by atoms with Gasteiger partial charge in [-0.15, -0.1) is 0 Å². The number of rotatable bonds is 53. The standard InChI is InChI=1S/C69H110O6/c1-4-7-10-13-16-18-20-22-24-26-27-28-29-30-31-32-33-34-35-36-37-38-39-40-41-43-44-46-48-50-53-56-59-62-68(71)74-65-66(64-73-67(70)61-58-55-52-15-12-9-6-3)75-69(72)63-60-57-54-51-49-47-45-42-25-23-21-19-17-14-11-8-5-2/h7-8,10-11,16-19,22-25,27-28,30-31,33-34,36-37,39-40,45,47,66H,4-6,9,12-15,20-21,26,29,32,35,38,41-44,46,48-65H2,1-3H3/b10-7-,11-8-,18-16-,19-17-,24-22-,25-23-,28-27-,31-30-,34-33-,37-36-,40-39-,47-45-. The van der Waals surface area contributed by atoms with E-state index in [0.29, 0.717) is 19.3 Å². The summed E-state index contributed by atoms with van der Waals surface area (Å²) in [6, 6.07) is 0. The van der Waals surface area contributed by atoms with Crippen LogP contribution < -0.4 is 0 Å². The van der Waals surface area contributed by atoms with Gasteiger partial charge in [0.05, 0.1) is 0 Å². The van der Waals surface area contributed by atoms with E-state index in [-0.39, 0.29) is 31.1 Å². The highest BCUT2D eigenvalue weighted by atomic mass is 16.6. The number of unbranched alkanes of at least 4 members (excludes halogenated alkanes) is 18. The molecule has 0 aromatic rings. The van der Waals surface area contributed by atoms with Crippen molar-refractivity contribution in [1.29, 1.82) is 0 Å². The minimum Gasteiger partial charge on any atom is -0.462 e. The molecule has 0 aliphatic carbocycles. The van der Waals surface area contributed by atoms with Gasteiger partial charge in [0.15, 0.2) is 6.10 Å². The molecule has 0 aromatic heterocycles. The molecule has 422 valence electrons. The van der Waals surface area contributed by atoms with Crippen molar-refractivity contribution in [1.82, 2.24) is 0 Å². The van der Waals surface area contributed by atoms with Gasteiger partial charge in [-0.1, -0.05) is 256 Å². The molecule has 0 radical (unpaired) electrons. The van der Waals surface area contributed by atoms with Crippen LogP contribution in [0.5, 0.6) is 0 Å². The average molecular weight is 1040 g/mol. The Hall–Kier alpha value is -4.71. The minimum absolute atomic E-state index is 0.0941. The molecule has 1 atom stereocenters. The predicted octanol–water partition coefficient (Wildman–Crippen LogP) is 20.8. The summed E-state index contributed by atoms with van der Waals surface area (Å²) >= 11 is 0. The van der Waals surface area contributed by atoms with E-state index in [1.165, 1.54) is 57.8 Å². The summed E-state index contributed by atoms with van der Waals surface area (Å²) in [5.41, 5.74) is 0. The minimum atomic E-state index is -0.797. The van der Waals surface area contributed by atoms with Gasteiger partial charge < -0.3 is 14.2 Å². The van der Waals surface area contributed by atoms with Crippen LogP contribution in [-0.2, 0) is 28.6 Å². The topological polar surface area (TPSA) is 78.9 Å². The van der Waals surface area contributed by atoms with Crippen molar-refractivity contribution < 1.29 is 28.6 Å². The van der Waals surface area contributed by atoms with Crippen LogP contribution in [0.1, 0.15) is 252 Å². The van der Waals surface area contributed by atoms with E-state index < -0.39 is 6.10 Å². The van der Waals surface area contributed by atoms with Crippen molar-refractivity contribution in [3.63, 3.8) is 0 Å². The SMILES string of the molecule is CC/C=C\C/C=C\C/C=C\C/C=C\C/C=C\C/C=C\C/C=C\C/C=C\CCCCCCCCCCC(=O)OCC(COC(=O)CCCCCCCCC)OC(=O)CCCCCC/C=C\C/C=C\C/C=C\C/C=C\CC. The number of hydrogen-bond donors (Lipinski definition) is 0. The van der Waals surface area contributed by atoms with Crippen LogP contribution in [0.4, 0.5) is 0 Å². The first-order chi connectivity index (χ1) is 37.0. The molecule has 0 aliphatic heterocycles. The first-order valence-electron chi connectivity index (χ1n) is 30.3.